The average molecular weight is 376 g/mol. The van der Waals surface area contributed by atoms with E-state index in [1.807, 2.05) is 11.8 Å². The van der Waals surface area contributed by atoms with Gasteiger partial charge in [-0.2, -0.15) is 16.9 Å². The Kier molecular flexibility index (Phi) is 4.99. The lowest BCUT2D eigenvalue weighted by Crippen LogP contribution is -2.40. The van der Waals surface area contributed by atoms with Crippen LogP contribution >= 0.6 is 11.8 Å². The summed E-state index contributed by atoms with van der Waals surface area (Å²) in [5.74, 6) is 0.569. The molecular formula is C17H24N6O2S. The van der Waals surface area contributed by atoms with Crippen molar-refractivity contribution in [1.82, 2.24) is 24.6 Å². The van der Waals surface area contributed by atoms with E-state index >= 15 is 0 Å². The molecule has 8 nitrogen and oxygen atoms in total. The van der Waals surface area contributed by atoms with E-state index in [1.54, 1.807) is 17.2 Å². The minimum atomic E-state index is -0.340. The Morgan fingerprint density at radius 1 is 1.31 bits per heavy atom. The largest absolute Gasteiger partial charge is 0.468 e. The second kappa shape index (κ2) is 7.40. The Labute approximate surface area is 156 Å². The van der Waals surface area contributed by atoms with Gasteiger partial charge in [-0.1, -0.05) is 0 Å². The van der Waals surface area contributed by atoms with E-state index in [0.717, 1.165) is 24.3 Å². The SMILES string of the molecule is COC(=O)Cn1ncc2c(N3C[C@H](SC)[C@H](N4CCCC4)C3)ncnc21. The standard InChI is InChI=1S/C17H24N6O2S/c1-25-15(24)10-23-17-12(7-20-23)16(18-11-19-17)22-8-13(14(9-22)26-2)21-5-3-4-6-21/h7,11,13-14H,3-6,8-10H2,1-2H3/t13-,14+/m1/s1. The van der Waals surface area contributed by atoms with Crippen LogP contribution in [-0.2, 0) is 16.1 Å². The summed E-state index contributed by atoms with van der Waals surface area (Å²) in [4.78, 5) is 25.4. The summed E-state index contributed by atoms with van der Waals surface area (Å²) in [6.07, 6.45) is 8.11. The maximum absolute atomic E-state index is 11.6. The van der Waals surface area contributed by atoms with Gasteiger partial charge in [-0.05, 0) is 32.2 Å². The molecule has 26 heavy (non-hydrogen) atoms. The summed E-state index contributed by atoms with van der Waals surface area (Å²) in [6, 6.07) is 0.558. The van der Waals surface area contributed by atoms with E-state index in [2.05, 4.69) is 31.1 Å². The van der Waals surface area contributed by atoms with Crippen molar-refractivity contribution in [3.8, 4) is 0 Å². The maximum atomic E-state index is 11.6. The molecule has 0 unspecified atom stereocenters. The molecule has 2 atom stereocenters. The molecule has 2 aromatic heterocycles. The van der Waals surface area contributed by atoms with Crippen molar-refractivity contribution in [3.63, 3.8) is 0 Å². The number of rotatable bonds is 5. The molecule has 0 spiro atoms. The highest BCUT2D eigenvalue weighted by molar-refractivity contribution is 7.99. The quantitative estimate of drug-likeness (QED) is 0.716. The third-order valence-electron chi connectivity index (χ3n) is 5.37. The monoisotopic (exact) mass is 376 g/mol. The lowest BCUT2D eigenvalue weighted by Gasteiger charge is -2.27. The van der Waals surface area contributed by atoms with E-state index < -0.39 is 0 Å². The van der Waals surface area contributed by atoms with E-state index in [-0.39, 0.29) is 12.5 Å². The molecule has 0 bridgehead atoms. The summed E-state index contributed by atoms with van der Waals surface area (Å²) >= 11 is 1.94. The fourth-order valence-corrected chi connectivity index (χ4v) is 4.92. The third-order valence-corrected chi connectivity index (χ3v) is 6.44. The highest BCUT2D eigenvalue weighted by atomic mass is 32.2. The molecule has 4 rings (SSSR count). The van der Waals surface area contributed by atoms with Gasteiger partial charge in [-0.15, -0.1) is 0 Å². The van der Waals surface area contributed by atoms with Crippen molar-refractivity contribution in [2.45, 2.75) is 30.7 Å². The Balaban J connectivity index is 1.61. The highest BCUT2D eigenvalue weighted by Gasteiger charge is 2.38. The first-order valence-electron chi connectivity index (χ1n) is 8.96. The molecule has 9 heteroatoms. The van der Waals surface area contributed by atoms with Gasteiger partial charge in [0.2, 0.25) is 0 Å². The van der Waals surface area contributed by atoms with Crippen LogP contribution in [0.3, 0.4) is 0 Å². The van der Waals surface area contributed by atoms with Crippen molar-refractivity contribution >= 4 is 34.6 Å². The van der Waals surface area contributed by atoms with Gasteiger partial charge in [0.1, 0.15) is 18.7 Å². The van der Waals surface area contributed by atoms with Gasteiger partial charge in [0.05, 0.1) is 18.7 Å². The molecule has 2 saturated heterocycles. The number of nitrogens with zero attached hydrogens (tertiary/aromatic N) is 6. The molecule has 140 valence electrons. The Morgan fingerprint density at radius 2 is 2.12 bits per heavy atom. The molecule has 2 aliphatic heterocycles. The van der Waals surface area contributed by atoms with Crippen molar-refractivity contribution in [2.24, 2.45) is 0 Å². The number of hydrogen-bond donors (Lipinski definition) is 0. The fraction of sp³-hybridized carbons (Fsp3) is 0.647. The van der Waals surface area contributed by atoms with Crippen LogP contribution in [0.25, 0.3) is 11.0 Å². The number of thioether (sulfide) groups is 1. The van der Waals surface area contributed by atoms with Gasteiger partial charge < -0.3 is 9.64 Å². The smallest absolute Gasteiger partial charge is 0.327 e. The zero-order chi connectivity index (χ0) is 18.1. The molecule has 0 aliphatic carbocycles. The summed E-state index contributed by atoms with van der Waals surface area (Å²) < 4.78 is 6.32. The minimum Gasteiger partial charge on any atom is -0.468 e. The second-order valence-electron chi connectivity index (χ2n) is 6.80. The van der Waals surface area contributed by atoms with E-state index in [1.165, 1.54) is 33.0 Å². The molecule has 4 heterocycles. The average Bonchev–Trinajstić information content (AvgIpc) is 3.40. The van der Waals surface area contributed by atoms with Crippen LogP contribution < -0.4 is 4.90 Å². The van der Waals surface area contributed by atoms with Gasteiger partial charge in [0.25, 0.3) is 0 Å². The van der Waals surface area contributed by atoms with Gasteiger partial charge >= 0.3 is 5.97 Å². The minimum absolute atomic E-state index is 0.0558. The maximum Gasteiger partial charge on any atom is 0.327 e. The predicted molar refractivity (Wildman–Crippen MR) is 101 cm³/mol. The van der Waals surface area contributed by atoms with Crippen LogP contribution in [0, 0.1) is 0 Å². The zero-order valence-corrected chi connectivity index (χ0v) is 16.0. The van der Waals surface area contributed by atoms with Crippen molar-refractivity contribution in [1.29, 1.82) is 0 Å². The van der Waals surface area contributed by atoms with Crippen LogP contribution in [0.1, 0.15) is 12.8 Å². The Bertz CT molecular complexity index is 791. The van der Waals surface area contributed by atoms with Crippen LogP contribution in [0.4, 0.5) is 5.82 Å². The van der Waals surface area contributed by atoms with Crippen LogP contribution in [0.2, 0.25) is 0 Å². The number of methoxy groups -OCH3 is 1. The normalized spacial score (nSPS) is 23.8. The van der Waals surface area contributed by atoms with Crippen LogP contribution in [-0.4, -0.2) is 81.5 Å². The summed E-state index contributed by atoms with van der Waals surface area (Å²) in [7, 11) is 1.37. The molecule has 0 N–H and O–H groups in total. The van der Waals surface area contributed by atoms with E-state index in [4.69, 9.17) is 4.74 Å². The van der Waals surface area contributed by atoms with Crippen molar-refractivity contribution in [3.05, 3.63) is 12.5 Å². The first-order valence-corrected chi connectivity index (χ1v) is 10.2. The molecule has 2 aliphatic rings. The van der Waals surface area contributed by atoms with Gasteiger partial charge in [0.15, 0.2) is 5.65 Å². The second-order valence-corrected chi connectivity index (χ2v) is 7.88. The number of carbonyl (C=O) groups is 1. The third kappa shape index (κ3) is 3.14. The van der Waals surface area contributed by atoms with Gasteiger partial charge in [0, 0.05) is 24.4 Å². The molecule has 0 radical (unpaired) electrons. The van der Waals surface area contributed by atoms with Crippen molar-refractivity contribution in [2.75, 3.05) is 44.4 Å². The number of esters is 1. The summed E-state index contributed by atoms with van der Waals surface area (Å²) in [5.41, 5.74) is 0.672. The number of hydrogen-bond acceptors (Lipinski definition) is 8. The summed E-state index contributed by atoms with van der Waals surface area (Å²) in [5, 5.41) is 5.78. The fourth-order valence-electron chi connectivity index (χ4n) is 4.02. The van der Waals surface area contributed by atoms with E-state index in [0.29, 0.717) is 16.9 Å². The lowest BCUT2D eigenvalue weighted by atomic mass is 10.2. The molecular weight excluding hydrogens is 352 g/mol. The predicted octanol–water partition coefficient (Wildman–Crippen LogP) is 1.02. The number of ether oxygens (including phenoxy) is 1. The number of anilines is 1. The first kappa shape index (κ1) is 17.5. The topological polar surface area (TPSA) is 76.4 Å². The lowest BCUT2D eigenvalue weighted by molar-refractivity contribution is -0.141. The Morgan fingerprint density at radius 3 is 2.85 bits per heavy atom. The van der Waals surface area contributed by atoms with Crippen LogP contribution in [0.5, 0.6) is 0 Å². The van der Waals surface area contributed by atoms with Crippen LogP contribution in [0.15, 0.2) is 12.5 Å². The zero-order valence-electron chi connectivity index (χ0n) is 15.2. The highest BCUT2D eigenvalue weighted by Crippen LogP contribution is 2.32. The molecule has 2 aromatic rings. The van der Waals surface area contributed by atoms with E-state index in [9.17, 15) is 4.79 Å². The number of likely N-dealkylation sites (tertiary alicyclic amines) is 1. The first-order chi connectivity index (χ1) is 12.7. The number of carbonyl (C=O) groups excluding carboxylic acids is 1. The van der Waals surface area contributed by atoms with Crippen molar-refractivity contribution < 1.29 is 9.53 Å². The molecule has 0 saturated carbocycles. The molecule has 0 aromatic carbocycles. The number of aromatic nitrogens is 4. The Hall–Kier alpha value is -1.87. The van der Waals surface area contributed by atoms with Gasteiger partial charge in [-0.25, -0.2) is 14.6 Å². The van der Waals surface area contributed by atoms with Gasteiger partial charge in [-0.3, -0.25) is 9.69 Å². The molecule has 0 amide bonds. The molecule has 2 fully saturated rings. The number of fused-ring (bicyclic) bond motifs is 1. The summed E-state index contributed by atoms with van der Waals surface area (Å²) in [6.45, 7) is 4.40.